The molecule has 25 heavy (non-hydrogen) atoms. The van der Waals surface area contributed by atoms with E-state index in [4.69, 9.17) is 0 Å². The number of aryl methyl sites for hydroxylation is 1. The van der Waals surface area contributed by atoms with Gasteiger partial charge in [-0.05, 0) is 49.8 Å². The number of carbonyl (C=O) groups is 1. The Kier molecular flexibility index (Phi) is 4.50. The highest BCUT2D eigenvalue weighted by atomic mass is 16.2. The molecule has 1 aliphatic carbocycles. The number of carbonyl (C=O) groups excluding carboxylic acids is 1. The average Bonchev–Trinajstić information content (AvgIpc) is 3.40. The topological polar surface area (TPSA) is 49.6 Å². The Morgan fingerprint density at radius 3 is 2.96 bits per heavy atom. The number of nitrogens with one attached hydrogen (secondary N) is 1. The summed E-state index contributed by atoms with van der Waals surface area (Å²) >= 11 is 0. The molecular formula is C20H28N4O. The molecule has 1 aliphatic heterocycles. The van der Waals surface area contributed by atoms with Crippen LogP contribution in [-0.2, 0) is 11.3 Å². The molecule has 2 aliphatic rings. The fourth-order valence-electron chi connectivity index (χ4n) is 4.00. The second-order valence-corrected chi connectivity index (χ2v) is 7.68. The quantitative estimate of drug-likeness (QED) is 0.910. The van der Waals surface area contributed by atoms with Crippen LogP contribution < -0.4 is 5.32 Å². The molecular weight excluding hydrogens is 312 g/mol. The molecule has 134 valence electrons. The highest BCUT2D eigenvalue weighted by Gasteiger charge is 2.37. The van der Waals surface area contributed by atoms with Crippen molar-refractivity contribution in [1.82, 2.24) is 19.6 Å². The fraction of sp³-hybridized carbons (Fsp3) is 0.600. The van der Waals surface area contributed by atoms with Crippen LogP contribution in [0.15, 0.2) is 24.5 Å². The third-order valence-electron chi connectivity index (χ3n) is 5.79. The summed E-state index contributed by atoms with van der Waals surface area (Å²) in [6.45, 7) is 6.96. The first-order valence-corrected chi connectivity index (χ1v) is 9.60. The Morgan fingerprint density at radius 1 is 1.36 bits per heavy atom. The Bertz CT molecular complexity index is 764. The van der Waals surface area contributed by atoms with Crippen molar-refractivity contribution < 1.29 is 4.79 Å². The van der Waals surface area contributed by atoms with E-state index in [0.29, 0.717) is 23.8 Å². The molecule has 1 N–H and O–H groups in total. The minimum absolute atomic E-state index is 0.337. The first-order chi connectivity index (χ1) is 12.2. The largest absolute Gasteiger partial charge is 0.342 e. The van der Waals surface area contributed by atoms with Gasteiger partial charge in [-0.2, -0.15) is 0 Å². The van der Waals surface area contributed by atoms with Crippen molar-refractivity contribution in [2.75, 3.05) is 13.1 Å². The molecule has 2 aromatic heterocycles. The zero-order valence-corrected chi connectivity index (χ0v) is 15.2. The number of rotatable bonds is 5. The SMILES string of the molecule is CC[C@H]1CN(C(=O)C2CC2)CC[C@H]1NCc1cnc2cc(C)ccn12. The maximum atomic E-state index is 12.3. The molecule has 2 atom stereocenters. The number of hydrogen-bond donors (Lipinski definition) is 1. The maximum Gasteiger partial charge on any atom is 0.225 e. The van der Waals surface area contributed by atoms with Gasteiger partial charge in [0.2, 0.25) is 5.91 Å². The first-order valence-electron chi connectivity index (χ1n) is 9.60. The van der Waals surface area contributed by atoms with Crippen LogP contribution in [0.25, 0.3) is 5.65 Å². The van der Waals surface area contributed by atoms with E-state index in [2.05, 4.69) is 51.8 Å². The minimum atomic E-state index is 0.337. The number of aromatic nitrogens is 2. The summed E-state index contributed by atoms with van der Waals surface area (Å²) < 4.78 is 2.16. The summed E-state index contributed by atoms with van der Waals surface area (Å²) in [5.74, 6) is 1.27. The van der Waals surface area contributed by atoms with Crippen molar-refractivity contribution in [2.24, 2.45) is 11.8 Å². The van der Waals surface area contributed by atoms with Gasteiger partial charge in [-0.25, -0.2) is 4.98 Å². The lowest BCUT2D eigenvalue weighted by Gasteiger charge is -2.39. The Morgan fingerprint density at radius 2 is 2.20 bits per heavy atom. The molecule has 0 aromatic carbocycles. The standard InChI is InChI=1S/C20H28N4O/c1-3-15-13-23(20(25)16-4-5-16)8-7-18(15)21-11-17-12-22-19-10-14(2)6-9-24(17)19/h6,9-10,12,15-16,18,21H,3-5,7-8,11,13H2,1-2H3/t15-,18+/m0/s1. The van der Waals surface area contributed by atoms with E-state index in [1.165, 1.54) is 11.3 Å². The predicted octanol–water partition coefficient (Wildman–Crippen LogP) is 2.77. The number of fused-ring (bicyclic) bond motifs is 1. The summed E-state index contributed by atoms with van der Waals surface area (Å²) in [6.07, 6.45) is 8.42. The van der Waals surface area contributed by atoms with Crippen LogP contribution in [0.4, 0.5) is 0 Å². The summed E-state index contributed by atoms with van der Waals surface area (Å²) in [7, 11) is 0. The maximum absolute atomic E-state index is 12.3. The Balaban J connectivity index is 1.39. The molecule has 0 bridgehead atoms. The normalized spacial score (nSPS) is 24.0. The Labute approximate surface area is 149 Å². The van der Waals surface area contributed by atoms with Gasteiger partial charge in [-0.3, -0.25) is 4.79 Å². The van der Waals surface area contributed by atoms with Crippen molar-refractivity contribution in [3.63, 3.8) is 0 Å². The summed E-state index contributed by atoms with van der Waals surface area (Å²) in [5, 5.41) is 3.74. The number of hydrogen-bond acceptors (Lipinski definition) is 3. The Hall–Kier alpha value is -1.88. The number of amides is 1. The third-order valence-corrected chi connectivity index (χ3v) is 5.79. The molecule has 5 heteroatoms. The lowest BCUT2D eigenvalue weighted by molar-refractivity contribution is -0.134. The zero-order chi connectivity index (χ0) is 17.4. The van der Waals surface area contributed by atoms with Crippen molar-refractivity contribution in [3.05, 3.63) is 35.8 Å². The molecule has 0 unspecified atom stereocenters. The highest BCUT2D eigenvalue weighted by molar-refractivity contribution is 5.81. The second kappa shape index (κ2) is 6.79. The van der Waals surface area contributed by atoms with Gasteiger partial charge in [0.05, 0.1) is 11.9 Å². The molecule has 1 saturated heterocycles. The zero-order valence-electron chi connectivity index (χ0n) is 15.2. The van der Waals surface area contributed by atoms with Gasteiger partial charge in [-0.15, -0.1) is 0 Å². The van der Waals surface area contributed by atoms with Gasteiger partial charge in [0.1, 0.15) is 5.65 Å². The molecule has 1 saturated carbocycles. The molecule has 0 radical (unpaired) electrons. The van der Waals surface area contributed by atoms with Gasteiger partial charge in [0.25, 0.3) is 0 Å². The average molecular weight is 340 g/mol. The van der Waals surface area contributed by atoms with Crippen molar-refractivity contribution in [1.29, 1.82) is 0 Å². The minimum Gasteiger partial charge on any atom is -0.342 e. The summed E-state index contributed by atoms with van der Waals surface area (Å²) in [6, 6.07) is 4.71. The molecule has 3 heterocycles. The summed E-state index contributed by atoms with van der Waals surface area (Å²) in [5.41, 5.74) is 3.44. The van der Waals surface area contributed by atoms with E-state index >= 15 is 0 Å². The molecule has 2 fully saturated rings. The van der Waals surface area contributed by atoms with Gasteiger partial charge < -0.3 is 14.6 Å². The second-order valence-electron chi connectivity index (χ2n) is 7.68. The van der Waals surface area contributed by atoms with E-state index in [1.807, 2.05) is 6.20 Å². The van der Waals surface area contributed by atoms with Crippen molar-refractivity contribution in [2.45, 2.75) is 52.1 Å². The van der Waals surface area contributed by atoms with Gasteiger partial charge >= 0.3 is 0 Å². The molecule has 4 rings (SSSR count). The monoisotopic (exact) mass is 340 g/mol. The van der Waals surface area contributed by atoms with Crippen LogP contribution in [-0.4, -0.2) is 39.3 Å². The van der Waals surface area contributed by atoms with Crippen LogP contribution in [0.5, 0.6) is 0 Å². The summed E-state index contributed by atoms with van der Waals surface area (Å²) in [4.78, 5) is 19.0. The van der Waals surface area contributed by atoms with E-state index in [0.717, 1.165) is 51.0 Å². The predicted molar refractivity (Wildman–Crippen MR) is 98.3 cm³/mol. The lowest BCUT2D eigenvalue weighted by Crippen LogP contribution is -2.51. The van der Waals surface area contributed by atoms with Gasteiger partial charge in [-0.1, -0.05) is 13.3 Å². The molecule has 0 spiro atoms. The lowest BCUT2D eigenvalue weighted by atomic mass is 9.89. The van der Waals surface area contributed by atoms with Crippen LogP contribution in [0, 0.1) is 18.8 Å². The number of piperidine rings is 1. The van der Waals surface area contributed by atoms with Crippen molar-refractivity contribution in [3.8, 4) is 0 Å². The van der Waals surface area contributed by atoms with Gasteiger partial charge in [0, 0.05) is 37.8 Å². The van der Waals surface area contributed by atoms with Crippen LogP contribution in [0.1, 0.15) is 43.9 Å². The number of likely N-dealkylation sites (tertiary alicyclic amines) is 1. The van der Waals surface area contributed by atoms with Crippen LogP contribution in [0.3, 0.4) is 0 Å². The number of imidazole rings is 1. The number of pyridine rings is 1. The fourth-order valence-corrected chi connectivity index (χ4v) is 4.00. The number of nitrogens with zero attached hydrogens (tertiary/aromatic N) is 3. The highest BCUT2D eigenvalue weighted by Crippen LogP contribution is 2.33. The van der Waals surface area contributed by atoms with E-state index < -0.39 is 0 Å². The molecule has 5 nitrogen and oxygen atoms in total. The van der Waals surface area contributed by atoms with Crippen LogP contribution in [0.2, 0.25) is 0 Å². The first kappa shape index (κ1) is 16.6. The molecule has 1 amide bonds. The smallest absolute Gasteiger partial charge is 0.225 e. The van der Waals surface area contributed by atoms with E-state index in [-0.39, 0.29) is 0 Å². The third kappa shape index (κ3) is 3.43. The van der Waals surface area contributed by atoms with E-state index in [1.54, 1.807) is 0 Å². The van der Waals surface area contributed by atoms with E-state index in [9.17, 15) is 4.79 Å². The van der Waals surface area contributed by atoms with Crippen molar-refractivity contribution >= 4 is 11.6 Å². The molecule has 2 aromatic rings. The van der Waals surface area contributed by atoms with Crippen LogP contribution >= 0.6 is 0 Å². The van der Waals surface area contributed by atoms with Gasteiger partial charge in [0.15, 0.2) is 0 Å².